The number of urea groups is 1. The predicted octanol–water partition coefficient (Wildman–Crippen LogP) is 1.37. The molecule has 0 unspecified atom stereocenters. The van der Waals surface area contributed by atoms with Crippen LogP contribution < -0.4 is 10.6 Å². The third-order valence-corrected chi connectivity index (χ3v) is 1.59. The van der Waals surface area contributed by atoms with Gasteiger partial charge in [-0.05, 0) is 6.42 Å². The second kappa shape index (κ2) is 9.64. The molecule has 90 valence electrons. The van der Waals surface area contributed by atoms with Crippen molar-refractivity contribution in [1.29, 1.82) is 0 Å². The minimum atomic E-state index is -2.46. The van der Waals surface area contributed by atoms with Crippen LogP contribution in [0.2, 0.25) is 0 Å². The van der Waals surface area contributed by atoms with Crippen LogP contribution in [0.1, 0.15) is 19.8 Å². The van der Waals surface area contributed by atoms with E-state index < -0.39 is 13.0 Å². The molecule has 0 saturated heterocycles. The Morgan fingerprint density at radius 2 is 2.00 bits per heavy atom. The Morgan fingerprint density at radius 1 is 1.33 bits per heavy atom. The molecule has 0 fully saturated rings. The standard InChI is InChI=1S/C9H18F2N2O2/c1-2-3-4-12-9(14)13-5-6-15-7-8(10)11/h8H,2-7H2,1H3,(H2,12,13,14). The van der Waals surface area contributed by atoms with Gasteiger partial charge in [0.15, 0.2) is 0 Å². The Kier molecular flexibility index (Phi) is 9.05. The van der Waals surface area contributed by atoms with Crippen molar-refractivity contribution in [1.82, 2.24) is 10.6 Å². The van der Waals surface area contributed by atoms with Gasteiger partial charge >= 0.3 is 6.03 Å². The number of hydrogen-bond donors (Lipinski definition) is 2. The van der Waals surface area contributed by atoms with E-state index in [1.165, 1.54) is 0 Å². The lowest BCUT2D eigenvalue weighted by molar-refractivity contribution is 0.0193. The third kappa shape index (κ3) is 11.0. The quantitative estimate of drug-likeness (QED) is 0.612. The summed E-state index contributed by atoms with van der Waals surface area (Å²) in [5.41, 5.74) is 0. The lowest BCUT2D eigenvalue weighted by Gasteiger charge is -2.07. The van der Waals surface area contributed by atoms with Gasteiger partial charge in [-0.3, -0.25) is 0 Å². The number of nitrogens with one attached hydrogen (secondary N) is 2. The molecule has 4 nitrogen and oxygen atoms in total. The van der Waals surface area contributed by atoms with Crippen molar-refractivity contribution < 1.29 is 18.3 Å². The smallest absolute Gasteiger partial charge is 0.314 e. The molecule has 6 heteroatoms. The summed E-state index contributed by atoms with van der Waals surface area (Å²) < 4.78 is 27.8. The fraction of sp³-hybridized carbons (Fsp3) is 0.889. The second-order valence-corrected chi connectivity index (χ2v) is 3.00. The molecule has 0 rings (SSSR count). The highest BCUT2D eigenvalue weighted by Crippen LogP contribution is 1.91. The molecule has 0 aromatic heterocycles. The average Bonchev–Trinajstić information content (AvgIpc) is 2.17. The highest BCUT2D eigenvalue weighted by molar-refractivity contribution is 5.73. The first-order valence-electron chi connectivity index (χ1n) is 5.04. The second-order valence-electron chi connectivity index (χ2n) is 3.00. The van der Waals surface area contributed by atoms with Gasteiger partial charge in [0.25, 0.3) is 6.43 Å². The SMILES string of the molecule is CCCCNC(=O)NCCOCC(F)F. The van der Waals surface area contributed by atoms with Crippen LogP contribution in [-0.4, -0.2) is 38.8 Å². The zero-order valence-corrected chi connectivity index (χ0v) is 8.89. The lowest BCUT2D eigenvalue weighted by atomic mass is 10.3. The monoisotopic (exact) mass is 224 g/mol. The van der Waals surface area contributed by atoms with Crippen molar-refractivity contribution in [3.05, 3.63) is 0 Å². The van der Waals surface area contributed by atoms with Crippen LogP contribution in [0.25, 0.3) is 0 Å². The Morgan fingerprint density at radius 3 is 2.60 bits per heavy atom. The van der Waals surface area contributed by atoms with Crippen molar-refractivity contribution in [3.63, 3.8) is 0 Å². The van der Waals surface area contributed by atoms with E-state index in [1.54, 1.807) is 0 Å². The van der Waals surface area contributed by atoms with Crippen LogP contribution in [-0.2, 0) is 4.74 Å². The van der Waals surface area contributed by atoms with Gasteiger partial charge in [0.05, 0.1) is 6.61 Å². The molecule has 0 saturated carbocycles. The number of carbonyl (C=O) groups excluding carboxylic acids is 1. The molecular weight excluding hydrogens is 206 g/mol. The molecule has 0 atom stereocenters. The van der Waals surface area contributed by atoms with Crippen LogP contribution in [0, 0.1) is 0 Å². The van der Waals surface area contributed by atoms with Gasteiger partial charge < -0.3 is 15.4 Å². The number of alkyl halides is 2. The van der Waals surface area contributed by atoms with Crippen LogP contribution in [0.4, 0.5) is 13.6 Å². The number of unbranched alkanes of at least 4 members (excludes halogenated alkanes) is 1. The molecule has 0 heterocycles. The van der Waals surface area contributed by atoms with E-state index in [0.29, 0.717) is 6.54 Å². The van der Waals surface area contributed by atoms with Crippen molar-refractivity contribution in [2.24, 2.45) is 0 Å². The van der Waals surface area contributed by atoms with Gasteiger partial charge in [0, 0.05) is 13.1 Å². The zero-order chi connectivity index (χ0) is 11.5. The Bertz CT molecular complexity index is 168. The van der Waals surface area contributed by atoms with Gasteiger partial charge in [-0.2, -0.15) is 0 Å². The molecule has 0 aromatic carbocycles. The number of amides is 2. The van der Waals surface area contributed by atoms with Crippen LogP contribution in [0.5, 0.6) is 0 Å². The molecule has 2 N–H and O–H groups in total. The number of carbonyl (C=O) groups is 1. The first-order chi connectivity index (χ1) is 7.16. The fourth-order valence-electron chi connectivity index (χ4n) is 0.850. The fourth-order valence-corrected chi connectivity index (χ4v) is 0.850. The molecule has 0 spiro atoms. The summed E-state index contributed by atoms with van der Waals surface area (Å²) in [6.45, 7) is 2.41. The maximum absolute atomic E-state index is 11.6. The molecule has 2 amide bonds. The Labute approximate surface area is 88.4 Å². The van der Waals surface area contributed by atoms with Crippen molar-refractivity contribution in [2.75, 3.05) is 26.3 Å². The number of ether oxygens (including phenoxy) is 1. The number of hydrogen-bond acceptors (Lipinski definition) is 2. The third-order valence-electron chi connectivity index (χ3n) is 1.59. The molecule has 15 heavy (non-hydrogen) atoms. The van der Waals surface area contributed by atoms with Crippen LogP contribution in [0.15, 0.2) is 0 Å². The summed E-state index contributed by atoms with van der Waals surface area (Å²) in [5, 5.41) is 5.12. The van der Waals surface area contributed by atoms with E-state index in [0.717, 1.165) is 12.8 Å². The minimum Gasteiger partial charge on any atom is -0.374 e. The summed E-state index contributed by atoms with van der Waals surface area (Å²) in [7, 11) is 0. The summed E-state index contributed by atoms with van der Waals surface area (Å²) in [5.74, 6) is 0. The van der Waals surface area contributed by atoms with E-state index in [2.05, 4.69) is 15.4 Å². The maximum Gasteiger partial charge on any atom is 0.314 e. The van der Waals surface area contributed by atoms with E-state index >= 15 is 0 Å². The summed E-state index contributed by atoms with van der Waals surface area (Å²) in [6.07, 6.45) is -0.518. The van der Waals surface area contributed by atoms with E-state index in [9.17, 15) is 13.6 Å². The molecule has 0 radical (unpaired) electrons. The van der Waals surface area contributed by atoms with E-state index in [-0.39, 0.29) is 19.2 Å². The topological polar surface area (TPSA) is 50.4 Å². The van der Waals surface area contributed by atoms with E-state index in [1.807, 2.05) is 6.92 Å². The largest absolute Gasteiger partial charge is 0.374 e. The Balaban J connectivity index is 3.17. The molecule has 0 aliphatic rings. The molecule has 0 bridgehead atoms. The summed E-state index contributed by atoms with van der Waals surface area (Å²) in [4.78, 5) is 11.0. The van der Waals surface area contributed by atoms with Crippen LogP contribution >= 0.6 is 0 Å². The average molecular weight is 224 g/mol. The predicted molar refractivity (Wildman–Crippen MR) is 53.1 cm³/mol. The van der Waals surface area contributed by atoms with Gasteiger partial charge in [0.2, 0.25) is 0 Å². The number of halogens is 2. The molecular formula is C9H18F2N2O2. The highest BCUT2D eigenvalue weighted by Gasteiger charge is 2.02. The van der Waals surface area contributed by atoms with Crippen LogP contribution in [0.3, 0.4) is 0 Å². The number of rotatable bonds is 8. The summed E-state index contributed by atoms with van der Waals surface area (Å²) >= 11 is 0. The van der Waals surface area contributed by atoms with Gasteiger partial charge in [-0.1, -0.05) is 13.3 Å². The van der Waals surface area contributed by atoms with Gasteiger partial charge in [-0.25, -0.2) is 13.6 Å². The van der Waals surface area contributed by atoms with Crippen molar-refractivity contribution in [2.45, 2.75) is 26.2 Å². The van der Waals surface area contributed by atoms with Crippen molar-refractivity contribution >= 4 is 6.03 Å². The minimum absolute atomic E-state index is 0.103. The first kappa shape index (κ1) is 14.1. The Hall–Kier alpha value is -0.910. The first-order valence-corrected chi connectivity index (χ1v) is 5.04. The zero-order valence-electron chi connectivity index (χ0n) is 8.89. The maximum atomic E-state index is 11.6. The molecule has 0 aliphatic carbocycles. The normalized spacial score (nSPS) is 10.4. The highest BCUT2D eigenvalue weighted by atomic mass is 19.3. The van der Waals surface area contributed by atoms with Gasteiger partial charge in [-0.15, -0.1) is 0 Å². The summed E-state index contributed by atoms with van der Waals surface area (Å²) in [6, 6.07) is -0.288. The molecule has 0 aromatic rings. The van der Waals surface area contributed by atoms with E-state index in [4.69, 9.17) is 0 Å². The van der Waals surface area contributed by atoms with Crippen molar-refractivity contribution in [3.8, 4) is 0 Å². The molecule has 0 aliphatic heterocycles. The van der Waals surface area contributed by atoms with Gasteiger partial charge in [0.1, 0.15) is 6.61 Å². The lowest BCUT2D eigenvalue weighted by Crippen LogP contribution is -2.37.